The first-order chi connectivity index (χ1) is 14.2. The van der Waals surface area contributed by atoms with Gasteiger partial charge in [0.2, 0.25) is 0 Å². The van der Waals surface area contributed by atoms with Crippen molar-refractivity contribution in [1.82, 2.24) is 20.3 Å². The summed E-state index contributed by atoms with van der Waals surface area (Å²) in [5.74, 6) is 0. The van der Waals surface area contributed by atoms with E-state index in [4.69, 9.17) is 0 Å². The van der Waals surface area contributed by atoms with E-state index in [0.717, 1.165) is 26.9 Å². The third-order valence-corrected chi connectivity index (χ3v) is 6.31. The highest BCUT2D eigenvalue weighted by atomic mass is 79.9. The minimum Gasteiger partial charge on any atom is -0.355 e. The summed E-state index contributed by atoms with van der Waals surface area (Å²) < 4.78 is 3.23. The van der Waals surface area contributed by atoms with E-state index < -0.39 is 0 Å². The van der Waals surface area contributed by atoms with Gasteiger partial charge in [-0.2, -0.15) is 5.10 Å². The molecule has 1 aliphatic heterocycles. The van der Waals surface area contributed by atoms with Crippen molar-refractivity contribution in [2.75, 3.05) is 0 Å². The molecule has 0 aliphatic carbocycles. The van der Waals surface area contributed by atoms with Gasteiger partial charge in [0, 0.05) is 27.8 Å². The van der Waals surface area contributed by atoms with Crippen LogP contribution >= 0.6 is 27.7 Å². The largest absolute Gasteiger partial charge is 0.355 e. The smallest absolute Gasteiger partial charge is 0.165 e. The lowest BCUT2D eigenvalue weighted by molar-refractivity contribution is 0.657. The van der Waals surface area contributed by atoms with Crippen LogP contribution in [0.4, 0.5) is 0 Å². The lowest BCUT2D eigenvalue weighted by Crippen LogP contribution is -2.31. The van der Waals surface area contributed by atoms with Crippen molar-refractivity contribution >= 4 is 61.4 Å². The zero-order valence-electron chi connectivity index (χ0n) is 15.6. The van der Waals surface area contributed by atoms with E-state index in [0.29, 0.717) is 0 Å². The number of halogens is 1. The van der Waals surface area contributed by atoms with Gasteiger partial charge >= 0.3 is 0 Å². The molecule has 4 aromatic rings. The number of nitrogens with zero attached hydrogens (tertiary/aromatic N) is 3. The Labute approximate surface area is 181 Å². The van der Waals surface area contributed by atoms with Gasteiger partial charge in [-0.1, -0.05) is 58.0 Å². The molecular formula is C22H18BrN5S. The van der Waals surface area contributed by atoms with Gasteiger partial charge < -0.3 is 9.88 Å². The standard InChI is InChI=1S/C22H18BrN5S/c1-28-20-8-3-2-7-17(20)18-10-16(24-12-21(18)28)11-25-27-22-26-19(13-29-22)14-5-4-6-15(23)9-14/h2-13,22,26-27H,1H3/b25-11+. The maximum atomic E-state index is 4.54. The molecule has 0 radical (unpaired) electrons. The Hall–Kier alpha value is -2.77. The summed E-state index contributed by atoms with van der Waals surface area (Å²) in [6.07, 6.45) is 3.67. The third kappa shape index (κ3) is 3.52. The monoisotopic (exact) mass is 463 g/mol. The zero-order chi connectivity index (χ0) is 19.8. The molecular weight excluding hydrogens is 446 g/mol. The molecule has 2 aromatic carbocycles. The van der Waals surface area contributed by atoms with Gasteiger partial charge in [0.1, 0.15) is 0 Å². The number of para-hydroxylation sites is 1. The van der Waals surface area contributed by atoms with E-state index in [1.54, 1.807) is 18.0 Å². The van der Waals surface area contributed by atoms with E-state index in [-0.39, 0.29) is 5.50 Å². The zero-order valence-corrected chi connectivity index (χ0v) is 18.0. The van der Waals surface area contributed by atoms with Crippen LogP contribution in [-0.2, 0) is 7.05 Å². The first-order valence-electron chi connectivity index (χ1n) is 9.19. The fourth-order valence-electron chi connectivity index (χ4n) is 3.53. The second-order valence-corrected chi connectivity index (χ2v) is 8.69. The van der Waals surface area contributed by atoms with E-state index in [1.807, 2.05) is 18.3 Å². The molecule has 0 amide bonds. The van der Waals surface area contributed by atoms with Gasteiger partial charge in [0.05, 0.1) is 29.3 Å². The van der Waals surface area contributed by atoms with Gasteiger partial charge in [0.15, 0.2) is 5.50 Å². The van der Waals surface area contributed by atoms with Crippen LogP contribution in [-0.4, -0.2) is 21.3 Å². The molecule has 5 rings (SSSR count). The Morgan fingerprint density at radius 2 is 2.03 bits per heavy atom. The molecule has 1 atom stereocenters. The fraction of sp³-hybridized carbons (Fsp3) is 0.0909. The summed E-state index contributed by atoms with van der Waals surface area (Å²) in [7, 11) is 2.07. The van der Waals surface area contributed by atoms with Crippen LogP contribution in [0.15, 0.2) is 75.8 Å². The van der Waals surface area contributed by atoms with Crippen LogP contribution in [0.3, 0.4) is 0 Å². The van der Waals surface area contributed by atoms with Crippen molar-refractivity contribution in [3.8, 4) is 0 Å². The molecule has 2 aromatic heterocycles. The van der Waals surface area contributed by atoms with Gasteiger partial charge in [-0.25, -0.2) is 0 Å². The number of aryl methyl sites for hydroxylation is 1. The number of hydrogen-bond donors (Lipinski definition) is 2. The predicted octanol–water partition coefficient (Wildman–Crippen LogP) is 5.03. The van der Waals surface area contributed by atoms with Crippen LogP contribution in [0.1, 0.15) is 11.3 Å². The Bertz CT molecular complexity index is 1280. The van der Waals surface area contributed by atoms with Gasteiger partial charge in [-0.3, -0.25) is 10.4 Å². The van der Waals surface area contributed by atoms with E-state index in [1.165, 1.54) is 16.3 Å². The molecule has 0 fully saturated rings. The molecule has 1 unspecified atom stereocenters. The molecule has 3 heterocycles. The van der Waals surface area contributed by atoms with Crippen molar-refractivity contribution in [2.24, 2.45) is 12.1 Å². The summed E-state index contributed by atoms with van der Waals surface area (Å²) in [6, 6.07) is 18.7. The molecule has 0 saturated heterocycles. The number of aromatic nitrogens is 2. The molecule has 0 saturated carbocycles. The summed E-state index contributed by atoms with van der Waals surface area (Å²) in [4.78, 5) is 4.54. The number of fused-ring (bicyclic) bond motifs is 3. The van der Waals surface area contributed by atoms with Crippen molar-refractivity contribution in [3.63, 3.8) is 0 Å². The highest BCUT2D eigenvalue weighted by Crippen LogP contribution is 2.28. The molecule has 144 valence electrons. The maximum Gasteiger partial charge on any atom is 0.165 e. The van der Waals surface area contributed by atoms with Crippen molar-refractivity contribution < 1.29 is 0 Å². The van der Waals surface area contributed by atoms with Crippen molar-refractivity contribution in [1.29, 1.82) is 0 Å². The predicted molar refractivity (Wildman–Crippen MR) is 126 cm³/mol. The number of benzene rings is 2. The molecule has 7 heteroatoms. The van der Waals surface area contributed by atoms with Gasteiger partial charge in [-0.15, -0.1) is 0 Å². The summed E-state index contributed by atoms with van der Waals surface area (Å²) in [5, 5.41) is 12.3. The molecule has 1 aliphatic rings. The normalized spacial score (nSPS) is 16.5. The van der Waals surface area contributed by atoms with E-state index >= 15 is 0 Å². The highest BCUT2D eigenvalue weighted by molar-refractivity contribution is 9.10. The minimum atomic E-state index is -0.0125. The van der Waals surface area contributed by atoms with Crippen LogP contribution in [0.2, 0.25) is 0 Å². The fourth-order valence-corrected chi connectivity index (χ4v) is 4.72. The summed E-state index contributed by atoms with van der Waals surface area (Å²) >= 11 is 5.17. The number of hydrogen-bond acceptors (Lipinski definition) is 5. The number of hydrazone groups is 1. The summed E-state index contributed by atoms with van der Waals surface area (Å²) in [6.45, 7) is 0. The maximum absolute atomic E-state index is 4.54. The third-order valence-electron chi connectivity index (χ3n) is 4.95. The minimum absolute atomic E-state index is 0.0125. The van der Waals surface area contributed by atoms with E-state index in [9.17, 15) is 0 Å². The van der Waals surface area contributed by atoms with Crippen LogP contribution in [0.5, 0.6) is 0 Å². The number of rotatable bonds is 4. The first-order valence-corrected chi connectivity index (χ1v) is 10.9. The Morgan fingerprint density at radius 3 is 2.93 bits per heavy atom. The Morgan fingerprint density at radius 1 is 1.14 bits per heavy atom. The highest BCUT2D eigenvalue weighted by Gasteiger charge is 2.16. The van der Waals surface area contributed by atoms with Crippen molar-refractivity contribution in [2.45, 2.75) is 5.50 Å². The van der Waals surface area contributed by atoms with Gasteiger partial charge in [0.25, 0.3) is 0 Å². The lowest BCUT2D eigenvalue weighted by Gasteiger charge is -2.12. The topological polar surface area (TPSA) is 54.2 Å². The molecule has 0 spiro atoms. The SMILES string of the molecule is Cn1c2ccccc2c2cc(/C=N/NC3NC(c4cccc(Br)c4)=CS3)ncc21. The first kappa shape index (κ1) is 18.3. The van der Waals surface area contributed by atoms with E-state index in [2.05, 4.69) is 96.2 Å². The number of thioether (sulfide) groups is 1. The van der Waals surface area contributed by atoms with Crippen LogP contribution in [0.25, 0.3) is 27.5 Å². The second-order valence-electron chi connectivity index (χ2n) is 6.79. The van der Waals surface area contributed by atoms with Crippen LogP contribution < -0.4 is 10.7 Å². The Kier molecular flexibility index (Phi) is 4.77. The van der Waals surface area contributed by atoms with Gasteiger partial charge in [-0.05, 0) is 35.2 Å². The molecule has 29 heavy (non-hydrogen) atoms. The average Bonchev–Trinajstić information content (AvgIpc) is 3.32. The second kappa shape index (κ2) is 7.57. The number of pyridine rings is 1. The molecule has 2 N–H and O–H groups in total. The average molecular weight is 464 g/mol. The molecule has 0 bridgehead atoms. The quantitative estimate of drug-likeness (QED) is 0.329. The molecule has 5 nitrogen and oxygen atoms in total. The number of nitrogens with one attached hydrogen (secondary N) is 2. The van der Waals surface area contributed by atoms with Crippen LogP contribution in [0, 0.1) is 0 Å². The van der Waals surface area contributed by atoms with Crippen molar-refractivity contribution in [3.05, 3.63) is 81.9 Å². The Balaban J connectivity index is 1.30. The summed E-state index contributed by atoms with van der Waals surface area (Å²) in [5.41, 5.74) is 8.50. The lowest BCUT2D eigenvalue weighted by atomic mass is 10.2.